The highest BCUT2D eigenvalue weighted by molar-refractivity contribution is 6.31. The molecule has 1 saturated heterocycles. The van der Waals surface area contributed by atoms with Gasteiger partial charge in [-0.25, -0.2) is 0 Å². The highest BCUT2D eigenvalue weighted by Gasteiger charge is 2.54. The van der Waals surface area contributed by atoms with Crippen LogP contribution in [0.25, 0.3) is 21.7 Å². The van der Waals surface area contributed by atoms with E-state index < -0.39 is 11.7 Å². The molecule has 206 valence electrons. The third-order valence-corrected chi connectivity index (χ3v) is 8.72. The van der Waals surface area contributed by atoms with Crippen LogP contribution in [-0.2, 0) is 9.47 Å². The van der Waals surface area contributed by atoms with Crippen LogP contribution in [0.3, 0.4) is 0 Å². The van der Waals surface area contributed by atoms with E-state index in [1.54, 1.807) is 24.3 Å². The summed E-state index contributed by atoms with van der Waals surface area (Å²) in [6, 6.07) is 15.4. The zero-order chi connectivity index (χ0) is 27.8. The van der Waals surface area contributed by atoms with Gasteiger partial charge in [0.25, 0.3) is 5.91 Å². The topological polar surface area (TPSA) is 92.8 Å². The minimum absolute atomic E-state index is 0.162. The molecule has 3 aromatic carbocycles. The fourth-order valence-electron chi connectivity index (χ4n) is 6.33. The normalized spacial score (nSPS) is 23.5. The number of hydrogen-bond acceptors (Lipinski definition) is 5. The zero-order valence-corrected chi connectivity index (χ0v) is 23.3. The Morgan fingerprint density at radius 1 is 1.05 bits per heavy atom. The molecule has 2 N–H and O–H groups in total. The predicted molar refractivity (Wildman–Crippen MR) is 153 cm³/mol. The predicted octanol–water partition coefficient (Wildman–Crippen LogP) is 6.54. The maximum atomic E-state index is 13.6. The average molecular weight is 559 g/mol. The van der Waals surface area contributed by atoms with E-state index in [0.29, 0.717) is 23.1 Å². The van der Waals surface area contributed by atoms with Crippen LogP contribution in [0, 0.1) is 0 Å². The Balaban J connectivity index is 1.18. The molecule has 1 aromatic heterocycles. The lowest BCUT2D eigenvalue weighted by molar-refractivity contribution is -0.185. The molecule has 2 saturated carbocycles. The van der Waals surface area contributed by atoms with E-state index in [4.69, 9.17) is 31.5 Å². The number of ether oxygens (including phenoxy) is 3. The summed E-state index contributed by atoms with van der Waals surface area (Å²) in [5, 5.41) is 3.07. The summed E-state index contributed by atoms with van der Waals surface area (Å²) >= 11 is 6.12. The van der Waals surface area contributed by atoms with Gasteiger partial charge in [0.1, 0.15) is 5.75 Å². The van der Waals surface area contributed by atoms with Crippen molar-refractivity contribution < 1.29 is 23.8 Å². The van der Waals surface area contributed by atoms with E-state index in [9.17, 15) is 9.59 Å². The van der Waals surface area contributed by atoms with E-state index in [1.807, 2.05) is 26.1 Å². The number of carbonyl (C=O) groups excluding carboxylic acids is 2. The van der Waals surface area contributed by atoms with Gasteiger partial charge in [-0.05, 0) is 92.1 Å². The smallest absolute Gasteiger partial charge is 0.252 e. The Kier molecular flexibility index (Phi) is 5.79. The minimum Gasteiger partial charge on any atom is -0.485 e. The molecule has 7 nitrogen and oxygen atoms in total. The van der Waals surface area contributed by atoms with Crippen LogP contribution < -0.4 is 10.5 Å². The van der Waals surface area contributed by atoms with Gasteiger partial charge in [0.15, 0.2) is 12.4 Å². The van der Waals surface area contributed by atoms with Gasteiger partial charge < -0.3 is 24.5 Å². The highest BCUT2D eigenvalue weighted by Crippen LogP contribution is 2.51. The van der Waals surface area contributed by atoms with Crippen LogP contribution in [0.4, 0.5) is 0 Å². The number of fused-ring (bicyclic) bond motifs is 2. The van der Waals surface area contributed by atoms with Gasteiger partial charge in [-0.15, -0.1) is 0 Å². The Labute approximate surface area is 237 Å². The molecule has 4 aromatic rings. The van der Waals surface area contributed by atoms with Gasteiger partial charge in [-0.3, -0.25) is 9.59 Å². The Hall–Kier alpha value is -3.39. The van der Waals surface area contributed by atoms with Crippen molar-refractivity contribution in [2.75, 3.05) is 13.2 Å². The molecule has 8 heteroatoms. The highest BCUT2D eigenvalue weighted by atomic mass is 35.5. The van der Waals surface area contributed by atoms with E-state index in [-0.39, 0.29) is 35.3 Å². The molecule has 7 rings (SSSR count). The number of benzene rings is 3. The molecule has 1 aliphatic heterocycles. The second kappa shape index (κ2) is 9.06. The molecule has 0 bridgehead atoms. The third kappa shape index (κ3) is 4.46. The summed E-state index contributed by atoms with van der Waals surface area (Å²) in [4.78, 5) is 25.8. The zero-order valence-electron chi connectivity index (χ0n) is 22.5. The van der Waals surface area contributed by atoms with E-state index in [1.165, 1.54) is 18.4 Å². The molecule has 1 spiro atoms. The van der Waals surface area contributed by atoms with Crippen molar-refractivity contribution >= 4 is 45.0 Å². The van der Waals surface area contributed by atoms with Crippen molar-refractivity contribution in [3.63, 3.8) is 0 Å². The minimum atomic E-state index is -0.631. The van der Waals surface area contributed by atoms with Crippen LogP contribution in [0.2, 0.25) is 5.02 Å². The molecule has 1 amide bonds. The summed E-state index contributed by atoms with van der Waals surface area (Å²) < 4.78 is 20.3. The Bertz CT molecular complexity index is 1700. The molecule has 3 fully saturated rings. The van der Waals surface area contributed by atoms with E-state index in [0.717, 1.165) is 34.5 Å². The number of primary amides is 1. The van der Waals surface area contributed by atoms with E-state index in [2.05, 4.69) is 22.8 Å². The van der Waals surface area contributed by atoms with Gasteiger partial charge in [0, 0.05) is 33.7 Å². The summed E-state index contributed by atoms with van der Waals surface area (Å²) in [5.41, 5.74) is 8.57. The van der Waals surface area contributed by atoms with Crippen LogP contribution >= 0.6 is 11.6 Å². The number of nitrogens with zero attached hydrogens (tertiary/aromatic N) is 1. The number of nitrogens with two attached hydrogens (primary N) is 1. The molecule has 0 atom stereocenters. The number of ketones is 1. The number of rotatable bonds is 7. The van der Waals surface area contributed by atoms with Crippen LogP contribution in [-0.4, -0.2) is 40.9 Å². The largest absolute Gasteiger partial charge is 0.485 e. The number of halogens is 1. The summed E-state index contributed by atoms with van der Waals surface area (Å²) in [7, 11) is 0. The summed E-state index contributed by atoms with van der Waals surface area (Å²) in [6.07, 6.45) is 6.04. The number of carbonyl (C=O) groups is 2. The van der Waals surface area contributed by atoms with Crippen LogP contribution in [0.15, 0.2) is 54.7 Å². The first-order valence-corrected chi connectivity index (χ1v) is 14.2. The molecule has 2 heterocycles. The first-order valence-electron chi connectivity index (χ1n) is 13.8. The first-order chi connectivity index (χ1) is 19.1. The van der Waals surface area contributed by atoms with Crippen molar-refractivity contribution in [1.82, 2.24) is 4.57 Å². The first kappa shape index (κ1) is 25.6. The van der Waals surface area contributed by atoms with Gasteiger partial charge in [-0.1, -0.05) is 29.8 Å². The van der Waals surface area contributed by atoms with Gasteiger partial charge in [-0.2, -0.15) is 0 Å². The van der Waals surface area contributed by atoms with Crippen molar-refractivity contribution in [2.45, 2.75) is 62.9 Å². The SMILES string of the molecule is CC1(C)OC[C@]2(C[C@@H](n3cc(C(=O)COc4cc5ccc(Cl)cc5cc4C(N)=O)c4ccc(C5CC5)cc43)C2)O1. The third-order valence-electron chi connectivity index (χ3n) is 8.49. The van der Waals surface area contributed by atoms with Crippen molar-refractivity contribution in [2.24, 2.45) is 5.73 Å². The molecular formula is C32H31ClN2O5. The maximum Gasteiger partial charge on any atom is 0.252 e. The van der Waals surface area contributed by atoms with Gasteiger partial charge in [0.2, 0.25) is 5.78 Å². The second-order valence-electron chi connectivity index (χ2n) is 12.0. The van der Waals surface area contributed by atoms with Gasteiger partial charge in [0.05, 0.1) is 17.8 Å². The molecule has 2 aliphatic carbocycles. The fourth-order valence-corrected chi connectivity index (χ4v) is 6.51. The number of hydrogen-bond donors (Lipinski definition) is 1. The standard InChI is InChI=1S/C32H31ClN2O5/c1-31(2)39-17-32(40-31)13-23(14-32)35-15-26(24-8-6-19(11-27(24)35)18-3-4-18)28(36)16-38-29-12-20-5-7-22(33)9-21(20)10-25(29)30(34)37/h5-12,15,18,23H,3-4,13-14,16-17H2,1-2H3,(H2,34,37)/t23-,32-. The lowest BCUT2D eigenvalue weighted by Gasteiger charge is -2.44. The molecule has 0 unspecified atom stereocenters. The Morgan fingerprint density at radius 3 is 2.55 bits per heavy atom. The quantitative estimate of drug-likeness (QED) is 0.260. The fraction of sp³-hybridized carbons (Fsp3) is 0.375. The van der Waals surface area contributed by atoms with Crippen LogP contribution in [0.1, 0.15) is 77.8 Å². The lowest BCUT2D eigenvalue weighted by Crippen LogP contribution is -2.47. The number of aromatic nitrogens is 1. The summed E-state index contributed by atoms with van der Waals surface area (Å²) in [6.45, 7) is 4.27. The second-order valence-corrected chi connectivity index (χ2v) is 12.4. The average Bonchev–Trinajstić information content (AvgIpc) is 3.60. The van der Waals surface area contributed by atoms with Crippen molar-refractivity contribution in [3.8, 4) is 5.75 Å². The van der Waals surface area contributed by atoms with Gasteiger partial charge >= 0.3 is 0 Å². The van der Waals surface area contributed by atoms with Crippen molar-refractivity contribution in [1.29, 1.82) is 0 Å². The maximum absolute atomic E-state index is 13.6. The molecule has 3 aliphatic rings. The molecular weight excluding hydrogens is 528 g/mol. The van der Waals surface area contributed by atoms with Crippen molar-refractivity contribution in [3.05, 3.63) is 76.4 Å². The molecule has 0 radical (unpaired) electrons. The monoisotopic (exact) mass is 558 g/mol. The number of Topliss-reactive ketones (excluding diaryl/α,β-unsaturated/α-hetero) is 1. The summed E-state index contributed by atoms with van der Waals surface area (Å²) in [5.74, 6) is -0.485. The molecule has 40 heavy (non-hydrogen) atoms. The Morgan fingerprint density at radius 2 is 1.85 bits per heavy atom. The van der Waals surface area contributed by atoms with Crippen LogP contribution in [0.5, 0.6) is 5.75 Å². The lowest BCUT2D eigenvalue weighted by atomic mass is 9.76. The van der Waals surface area contributed by atoms with E-state index >= 15 is 0 Å². The number of amides is 1.